The van der Waals surface area contributed by atoms with Gasteiger partial charge >= 0.3 is 0 Å². The van der Waals surface area contributed by atoms with Crippen LogP contribution in [-0.4, -0.2) is 24.4 Å². The number of halogens is 1. The normalized spacial score (nSPS) is 19.2. The van der Waals surface area contributed by atoms with Gasteiger partial charge in [0.25, 0.3) is 0 Å². The zero-order valence-corrected chi connectivity index (χ0v) is 29.7. The molecule has 0 saturated carbocycles. The van der Waals surface area contributed by atoms with Crippen molar-refractivity contribution in [1.82, 2.24) is 0 Å². The van der Waals surface area contributed by atoms with E-state index >= 15 is 0 Å². The molecule has 0 aliphatic carbocycles. The molecule has 252 valence electrons. The Hall–Kier alpha value is -0.570. The van der Waals surface area contributed by atoms with Gasteiger partial charge in [-0.15, -0.1) is 11.6 Å². The number of allylic oxidation sites excluding steroid dienone is 6. The van der Waals surface area contributed by atoms with Crippen LogP contribution in [0.1, 0.15) is 194 Å². The maximum Gasteiger partial charge on any atom is 0.168 e. The molecule has 0 aromatic rings. The highest BCUT2D eigenvalue weighted by atomic mass is 35.5. The first-order chi connectivity index (χ1) is 21.3. The SMILES string of the molecule is CCCCCC=CCC=CCCCCCCCCC1(CCCCCCCCCCCC=CCCCCC)OCC(CCl)O1. The lowest BCUT2D eigenvalue weighted by molar-refractivity contribution is -0.177. The molecule has 1 rings (SSSR count). The molecule has 0 bridgehead atoms. The van der Waals surface area contributed by atoms with Crippen LogP contribution < -0.4 is 0 Å². The largest absolute Gasteiger partial charge is 0.347 e. The lowest BCUT2D eigenvalue weighted by atomic mass is 9.98. The first-order valence-corrected chi connectivity index (χ1v) is 19.6. The van der Waals surface area contributed by atoms with Crippen LogP contribution in [0.3, 0.4) is 0 Å². The van der Waals surface area contributed by atoms with E-state index in [9.17, 15) is 0 Å². The highest BCUT2D eigenvalue weighted by Crippen LogP contribution is 2.35. The lowest BCUT2D eigenvalue weighted by Crippen LogP contribution is -2.31. The van der Waals surface area contributed by atoms with Gasteiger partial charge in [0.05, 0.1) is 18.6 Å². The number of hydrogen-bond acceptors (Lipinski definition) is 2. The van der Waals surface area contributed by atoms with Gasteiger partial charge < -0.3 is 9.47 Å². The summed E-state index contributed by atoms with van der Waals surface area (Å²) < 4.78 is 12.6. The van der Waals surface area contributed by atoms with Crippen molar-refractivity contribution in [1.29, 1.82) is 0 Å². The van der Waals surface area contributed by atoms with E-state index in [1.807, 2.05) is 0 Å². The van der Waals surface area contributed by atoms with Crippen molar-refractivity contribution in [2.45, 2.75) is 206 Å². The van der Waals surface area contributed by atoms with Crippen molar-refractivity contribution in [2.24, 2.45) is 0 Å². The molecule has 2 unspecified atom stereocenters. The summed E-state index contributed by atoms with van der Waals surface area (Å²) in [6, 6.07) is 0. The summed E-state index contributed by atoms with van der Waals surface area (Å²) in [6.07, 6.45) is 50.5. The van der Waals surface area contributed by atoms with Crippen LogP contribution in [0.4, 0.5) is 0 Å². The monoisotopic (exact) mass is 621 g/mol. The minimum Gasteiger partial charge on any atom is -0.347 e. The molecule has 0 spiro atoms. The van der Waals surface area contributed by atoms with E-state index in [4.69, 9.17) is 21.1 Å². The Labute approximate surface area is 274 Å². The van der Waals surface area contributed by atoms with Crippen LogP contribution in [0.15, 0.2) is 36.5 Å². The second-order valence-corrected chi connectivity index (χ2v) is 13.4. The molecular formula is C40H73ClO2. The molecule has 1 saturated heterocycles. The molecule has 2 nitrogen and oxygen atoms in total. The summed E-state index contributed by atoms with van der Waals surface area (Å²) in [4.78, 5) is 0. The van der Waals surface area contributed by atoms with E-state index in [-0.39, 0.29) is 11.9 Å². The zero-order valence-electron chi connectivity index (χ0n) is 28.9. The van der Waals surface area contributed by atoms with Gasteiger partial charge in [0, 0.05) is 12.8 Å². The molecule has 2 atom stereocenters. The third-order valence-corrected chi connectivity index (χ3v) is 9.26. The van der Waals surface area contributed by atoms with Crippen LogP contribution >= 0.6 is 11.6 Å². The topological polar surface area (TPSA) is 18.5 Å². The van der Waals surface area contributed by atoms with E-state index in [1.165, 1.54) is 161 Å². The smallest absolute Gasteiger partial charge is 0.168 e. The summed E-state index contributed by atoms with van der Waals surface area (Å²) in [7, 11) is 0. The number of hydrogen-bond donors (Lipinski definition) is 0. The average molecular weight is 621 g/mol. The lowest BCUT2D eigenvalue weighted by Gasteiger charge is -2.28. The van der Waals surface area contributed by atoms with E-state index in [1.54, 1.807) is 0 Å². The highest BCUT2D eigenvalue weighted by Gasteiger charge is 2.40. The Balaban J connectivity index is 2.01. The number of unbranched alkanes of at least 4 members (excludes halogenated alkanes) is 21. The molecule has 0 aromatic carbocycles. The maximum atomic E-state index is 6.38. The van der Waals surface area contributed by atoms with Crippen LogP contribution in [-0.2, 0) is 9.47 Å². The van der Waals surface area contributed by atoms with Gasteiger partial charge in [0.1, 0.15) is 0 Å². The van der Waals surface area contributed by atoms with Gasteiger partial charge in [-0.25, -0.2) is 0 Å². The second kappa shape index (κ2) is 31.4. The van der Waals surface area contributed by atoms with Gasteiger partial charge in [-0.1, -0.05) is 147 Å². The summed E-state index contributed by atoms with van der Waals surface area (Å²) in [5.41, 5.74) is 0. The first kappa shape index (κ1) is 40.5. The van der Waals surface area contributed by atoms with Crippen molar-refractivity contribution in [2.75, 3.05) is 12.5 Å². The van der Waals surface area contributed by atoms with E-state index in [0.717, 1.165) is 19.3 Å². The molecule has 43 heavy (non-hydrogen) atoms. The van der Waals surface area contributed by atoms with Gasteiger partial charge in [-0.3, -0.25) is 0 Å². The van der Waals surface area contributed by atoms with Crippen LogP contribution in [0.2, 0.25) is 0 Å². The minimum absolute atomic E-state index is 0.0721. The summed E-state index contributed by atoms with van der Waals surface area (Å²) in [5, 5.41) is 0. The predicted molar refractivity (Wildman–Crippen MR) is 192 cm³/mol. The number of rotatable bonds is 32. The van der Waals surface area contributed by atoms with Crippen molar-refractivity contribution in [3.8, 4) is 0 Å². The van der Waals surface area contributed by atoms with E-state index in [2.05, 4.69) is 50.3 Å². The standard InChI is InChI=1S/C40H73ClO2/c1-3-5-7-9-11-13-15-17-19-21-23-25-27-29-31-33-35-40(42-38-39(37-41)43-40)36-34-32-30-28-26-24-22-20-18-16-14-12-10-8-6-4-2/h11-14,17,19,39H,3-10,15-16,18,20-38H2,1-2H3. The third-order valence-electron chi connectivity index (χ3n) is 8.91. The molecule has 0 aromatic heterocycles. The third kappa shape index (κ3) is 25.3. The van der Waals surface area contributed by atoms with Gasteiger partial charge in [-0.2, -0.15) is 0 Å². The van der Waals surface area contributed by atoms with E-state index in [0.29, 0.717) is 12.5 Å². The van der Waals surface area contributed by atoms with Gasteiger partial charge in [-0.05, 0) is 70.6 Å². The molecular weight excluding hydrogens is 548 g/mol. The van der Waals surface area contributed by atoms with Crippen LogP contribution in [0.5, 0.6) is 0 Å². The number of ether oxygens (including phenoxy) is 2. The fourth-order valence-electron chi connectivity index (χ4n) is 6.10. The predicted octanol–water partition coefficient (Wildman–Crippen LogP) is 14.0. The van der Waals surface area contributed by atoms with Crippen molar-refractivity contribution >= 4 is 11.6 Å². The first-order valence-electron chi connectivity index (χ1n) is 19.1. The Morgan fingerprint density at radius 1 is 0.512 bits per heavy atom. The quantitative estimate of drug-likeness (QED) is 0.0423. The fraction of sp³-hybridized carbons (Fsp3) is 0.850. The van der Waals surface area contributed by atoms with E-state index < -0.39 is 0 Å². The Kier molecular flexibility index (Phi) is 29.6. The fourth-order valence-corrected chi connectivity index (χ4v) is 6.26. The Morgan fingerprint density at radius 2 is 0.884 bits per heavy atom. The Bertz CT molecular complexity index is 657. The number of alkyl halides is 1. The van der Waals surface area contributed by atoms with Crippen LogP contribution in [0, 0.1) is 0 Å². The van der Waals surface area contributed by atoms with Crippen molar-refractivity contribution < 1.29 is 9.47 Å². The highest BCUT2D eigenvalue weighted by molar-refractivity contribution is 6.18. The Morgan fingerprint density at radius 3 is 1.28 bits per heavy atom. The molecule has 1 fully saturated rings. The minimum atomic E-state index is -0.362. The van der Waals surface area contributed by atoms with Gasteiger partial charge in [0.15, 0.2) is 5.79 Å². The van der Waals surface area contributed by atoms with Gasteiger partial charge in [0.2, 0.25) is 0 Å². The summed E-state index contributed by atoms with van der Waals surface area (Å²) >= 11 is 6.12. The summed E-state index contributed by atoms with van der Waals surface area (Å²) in [6.45, 7) is 5.21. The molecule has 3 heteroatoms. The molecule has 0 amide bonds. The molecule has 0 radical (unpaired) electrons. The average Bonchev–Trinajstić information content (AvgIpc) is 3.44. The second-order valence-electron chi connectivity index (χ2n) is 13.1. The zero-order chi connectivity index (χ0) is 30.9. The molecule has 0 N–H and O–H groups in total. The molecule has 1 aliphatic heterocycles. The molecule has 1 aliphatic rings. The van der Waals surface area contributed by atoms with Crippen molar-refractivity contribution in [3.63, 3.8) is 0 Å². The summed E-state index contributed by atoms with van der Waals surface area (Å²) in [5.74, 6) is 0.180. The molecule has 1 heterocycles. The van der Waals surface area contributed by atoms with Crippen molar-refractivity contribution in [3.05, 3.63) is 36.5 Å². The maximum absolute atomic E-state index is 6.38. The van der Waals surface area contributed by atoms with Crippen LogP contribution in [0.25, 0.3) is 0 Å².